The number of hydrogen-bond donors (Lipinski definition) is 7. The fraction of sp³-hybridized carbons (Fsp3) is 0.812. The summed E-state index contributed by atoms with van der Waals surface area (Å²) >= 11 is 0. The zero-order chi connectivity index (χ0) is 45.7. The van der Waals surface area contributed by atoms with E-state index in [1.54, 1.807) is 6.08 Å². The van der Waals surface area contributed by atoms with Gasteiger partial charge in [0.25, 0.3) is 0 Å². The van der Waals surface area contributed by atoms with E-state index in [0.29, 0.717) is 12.8 Å². The van der Waals surface area contributed by atoms with Gasteiger partial charge in [-0.25, -0.2) is 4.18 Å². The first-order valence-corrected chi connectivity index (χ1v) is 25.5. The number of ether oxygens (including phenoxy) is 2. The third-order valence-electron chi connectivity index (χ3n) is 11.1. The summed E-state index contributed by atoms with van der Waals surface area (Å²) < 4.78 is 47.4. The average molecular weight is 902 g/mol. The van der Waals surface area contributed by atoms with Crippen LogP contribution >= 0.6 is 0 Å². The molecule has 1 aliphatic rings. The van der Waals surface area contributed by atoms with Gasteiger partial charge in [0.15, 0.2) is 6.29 Å². The topological polar surface area (TPSA) is 212 Å². The molecule has 1 fully saturated rings. The number of allylic oxidation sites excluding steroid dienone is 7. The normalized spacial score (nSPS) is 21.5. The van der Waals surface area contributed by atoms with E-state index in [4.69, 9.17) is 9.47 Å². The zero-order valence-electron chi connectivity index (χ0n) is 38.3. The molecule has 0 saturated carbocycles. The Labute approximate surface area is 375 Å². The summed E-state index contributed by atoms with van der Waals surface area (Å²) in [6.07, 6.45) is 35.0. The largest absolute Gasteiger partial charge is 0.397 e. The van der Waals surface area contributed by atoms with Crippen molar-refractivity contribution in [2.75, 3.05) is 13.2 Å². The van der Waals surface area contributed by atoms with Crippen molar-refractivity contribution >= 4 is 16.3 Å². The van der Waals surface area contributed by atoms with Crippen LogP contribution in [0, 0.1) is 0 Å². The average Bonchev–Trinajstić information content (AvgIpc) is 3.24. The predicted octanol–water partition coefficient (Wildman–Crippen LogP) is 8.63. The number of rotatable bonds is 40. The van der Waals surface area contributed by atoms with Gasteiger partial charge in [-0.2, -0.15) is 8.42 Å². The zero-order valence-corrected chi connectivity index (χ0v) is 39.1. The SMILES string of the molecule is CCC/C=C/CC/C=C/CC/C=C/C(O)C(COC1OC(CO)C(O)C(OS(=O)(=O)O)C1O)NC(=O)C(O)CCCCCCCC/C=C\CCCCCCCCCCCCCC. The van der Waals surface area contributed by atoms with Gasteiger partial charge in [0.1, 0.15) is 30.5 Å². The molecule has 62 heavy (non-hydrogen) atoms. The lowest BCUT2D eigenvalue weighted by molar-refractivity contribution is -0.298. The second kappa shape index (κ2) is 38.3. The minimum atomic E-state index is -5.12. The van der Waals surface area contributed by atoms with Crippen LogP contribution in [0.15, 0.2) is 48.6 Å². The molecule has 0 spiro atoms. The van der Waals surface area contributed by atoms with E-state index in [1.807, 2.05) is 0 Å². The molecule has 7 N–H and O–H groups in total. The molecule has 0 aromatic heterocycles. The van der Waals surface area contributed by atoms with E-state index in [9.17, 15) is 43.3 Å². The highest BCUT2D eigenvalue weighted by molar-refractivity contribution is 7.80. The van der Waals surface area contributed by atoms with Crippen LogP contribution in [-0.2, 0) is 28.9 Å². The fourth-order valence-electron chi connectivity index (χ4n) is 7.32. The molecule has 1 heterocycles. The highest BCUT2D eigenvalue weighted by Gasteiger charge is 2.48. The van der Waals surface area contributed by atoms with E-state index in [1.165, 1.54) is 83.1 Å². The van der Waals surface area contributed by atoms with Gasteiger partial charge >= 0.3 is 10.4 Å². The van der Waals surface area contributed by atoms with Gasteiger partial charge in [-0.15, -0.1) is 0 Å². The van der Waals surface area contributed by atoms with Gasteiger partial charge < -0.3 is 40.3 Å². The van der Waals surface area contributed by atoms with Gasteiger partial charge in [-0.05, 0) is 64.2 Å². The number of carbonyl (C=O) groups is 1. The summed E-state index contributed by atoms with van der Waals surface area (Å²) in [6.45, 7) is 3.11. The van der Waals surface area contributed by atoms with Gasteiger partial charge in [-0.1, -0.05) is 172 Å². The van der Waals surface area contributed by atoms with Crippen LogP contribution < -0.4 is 5.32 Å². The number of aliphatic hydroxyl groups excluding tert-OH is 5. The van der Waals surface area contributed by atoms with Crippen LogP contribution in [0.1, 0.15) is 187 Å². The fourth-order valence-corrected chi connectivity index (χ4v) is 7.83. The molecule has 13 nitrogen and oxygen atoms in total. The quantitative estimate of drug-likeness (QED) is 0.0175. The molecule has 14 heteroatoms. The van der Waals surface area contributed by atoms with Crippen LogP contribution in [0.25, 0.3) is 0 Å². The molecule has 1 rings (SSSR count). The first-order chi connectivity index (χ1) is 29.9. The molecule has 1 amide bonds. The first-order valence-electron chi connectivity index (χ1n) is 24.1. The molecule has 0 radical (unpaired) electrons. The van der Waals surface area contributed by atoms with Gasteiger partial charge in [-0.3, -0.25) is 9.35 Å². The lowest BCUT2D eigenvalue weighted by Crippen LogP contribution is -2.61. The van der Waals surface area contributed by atoms with Gasteiger partial charge in [0, 0.05) is 0 Å². The highest BCUT2D eigenvalue weighted by atomic mass is 32.3. The Hall–Kier alpha value is -1.98. The molecule has 0 aromatic rings. The first kappa shape index (κ1) is 58.0. The lowest BCUT2D eigenvalue weighted by Gasteiger charge is -2.41. The third kappa shape index (κ3) is 30.2. The Morgan fingerprint density at radius 3 is 1.61 bits per heavy atom. The summed E-state index contributed by atoms with van der Waals surface area (Å²) in [7, 11) is -5.12. The minimum absolute atomic E-state index is 0.225. The second-order valence-corrected chi connectivity index (χ2v) is 17.9. The van der Waals surface area contributed by atoms with E-state index in [-0.39, 0.29) is 6.42 Å². The molecular formula is C48H87NO12S. The van der Waals surface area contributed by atoms with E-state index < -0.39 is 78.5 Å². The minimum Gasteiger partial charge on any atom is -0.394 e. The van der Waals surface area contributed by atoms with Crippen molar-refractivity contribution in [3.8, 4) is 0 Å². The van der Waals surface area contributed by atoms with Crippen molar-refractivity contribution in [2.24, 2.45) is 0 Å². The van der Waals surface area contributed by atoms with Crippen LogP contribution in [0.3, 0.4) is 0 Å². The van der Waals surface area contributed by atoms with Crippen molar-refractivity contribution in [3.63, 3.8) is 0 Å². The van der Waals surface area contributed by atoms with Gasteiger partial charge in [0.05, 0.1) is 25.4 Å². The number of aliphatic hydroxyl groups is 5. The summed E-state index contributed by atoms with van der Waals surface area (Å²) in [5.74, 6) is -0.724. The van der Waals surface area contributed by atoms with Crippen LogP contribution in [-0.4, -0.2) is 107 Å². The third-order valence-corrected chi connectivity index (χ3v) is 11.6. The smallest absolute Gasteiger partial charge is 0.394 e. The molecule has 1 aliphatic heterocycles. The monoisotopic (exact) mass is 902 g/mol. The maximum absolute atomic E-state index is 13.1. The van der Waals surface area contributed by atoms with Crippen molar-refractivity contribution < 1.29 is 57.0 Å². The van der Waals surface area contributed by atoms with Crippen molar-refractivity contribution in [1.82, 2.24) is 5.32 Å². The predicted molar refractivity (Wildman–Crippen MR) is 247 cm³/mol. The van der Waals surface area contributed by atoms with E-state index in [2.05, 4.69) is 59.8 Å². The second-order valence-electron chi connectivity index (χ2n) is 16.8. The number of carbonyl (C=O) groups excluding carboxylic acids is 1. The number of hydrogen-bond acceptors (Lipinski definition) is 11. The Balaban J connectivity index is 2.49. The molecule has 0 bridgehead atoms. The summed E-state index contributed by atoms with van der Waals surface area (Å²) in [5.41, 5.74) is 0. The van der Waals surface area contributed by atoms with Crippen molar-refractivity contribution in [3.05, 3.63) is 48.6 Å². The Bertz CT molecular complexity index is 1310. The summed E-state index contributed by atoms with van der Waals surface area (Å²) in [4.78, 5) is 13.1. The van der Waals surface area contributed by atoms with Gasteiger partial charge in [0.2, 0.25) is 5.91 Å². The molecule has 0 aromatic carbocycles. The number of amides is 1. The summed E-state index contributed by atoms with van der Waals surface area (Å²) in [6, 6.07) is -1.14. The number of unbranched alkanes of at least 4 members (excludes halogenated alkanes) is 21. The molecule has 362 valence electrons. The van der Waals surface area contributed by atoms with E-state index >= 15 is 0 Å². The molecule has 1 saturated heterocycles. The van der Waals surface area contributed by atoms with Crippen LogP contribution in [0.2, 0.25) is 0 Å². The standard InChI is InChI=1S/C48H87NO12S/c1-3-5-7-9-11-13-15-16-17-18-19-20-21-22-23-24-25-27-29-31-33-35-37-42(52)47(55)49-40(41(51)36-34-32-30-28-26-14-12-10-8-6-4-2)39-59-48-45(54)46(61-62(56,57)58)44(53)43(38-50)60-48/h8,10,22-23,26,28,34,36,40-46,48,50-54H,3-7,9,11-21,24-25,27,29-33,35,37-39H2,1-2H3,(H,49,55)(H,56,57,58)/b10-8+,23-22-,28-26+,36-34+. The highest BCUT2D eigenvalue weighted by Crippen LogP contribution is 2.26. The van der Waals surface area contributed by atoms with Crippen molar-refractivity contribution in [2.45, 2.75) is 236 Å². The Morgan fingerprint density at radius 2 is 1.11 bits per heavy atom. The van der Waals surface area contributed by atoms with E-state index in [0.717, 1.165) is 77.0 Å². The Morgan fingerprint density at radius 1 is 0.645 bits per heavy atom. The van der Waals surface area contributed by atoms with Crippen LogP contribution in [0.5, 0.6) is 0 Å². The maximum Gasteiger partial charge on any atom is 0.397 e. The maximum atomic E-state index is 13.1. The number of nitrogens with one attached hydrogen (secondary N) is 1. The molecular weight excluding hydrogens is 815 g/mol. The Kier molecular flexibility index (Phi) is 35.9. The summed E-state index contributed by atoms with van der Waals surface area (Å²) in [5, 5.41) is 55.1. The molecule has 0 aliphatic carbocycles. The lowest BCUT2D eigenvalue weighted by atomic mass is 9.99. The molecule has 8 atom stereocenters. The molecule has 8 unspecified atom stereocenters. The van der Waals surface area contributed by atoms with Crippen LogP contribution in [0.4, 0.5) is 0 Å². The van der Waals surface area contributed by atoms with Crippen molar-refractivity contribution in [1.29, 1.82) is 0 Å².